The molecule has 0 atom stereocenters. The van der Waals surface area contributed by atoms with Crippen molar-refractivity contribution < 1.29 is 20.7 Å². The van der Waals surface area contributed by atoms with Gasteiger partial charge in [0.2, 0.25) is 0 Å². The SMILES string of the molecule is O=C([O-])[O-].[Ca+2].[Ca+2].[Ca+2].[H-].[H-].[H-].[H-]. The maximum atomic E-state index is 8.33. The Morgan fingerprint density at radius 3 is 1.14 bits per heavy atom. The van der Waals surface area contributed by atoms with Gasteiger partial charge in [0.25, 0.3) is 0 Å². The van der Waals surface area contributed by atoms with Gasteiger partial charge >= 0.3 is 113 Å². The zero-order valence-corrected chi connectivity index (χ0v) is 10.5. The fourth-order valence-corrected chi connectivity index (χ4v) is 0. The fourth-order valence-electron chi connectivity index (χ4n) is 0. The second-order valence-electron chi connectivity index (χ2n) is 0.250. The maximum absolute atomic E-state index is 8.33. The van der Waals surface area contributed by atoms with E-state index in [-0.39, 0.29) is 119 Å². The van der Waals surface area contributed by atoms with Gasteiger partial charge in [0.05, 0.1) is 0 Å². The molecule has 0 aromatic carbocycles. The van der Waals surface area contributed by atoms with Crippen LogP contribution in [0.25, 0.3) is 0 Å². The topological polar surface area (TPSA) is 63.2 Å². The molecule has 0 heterocycles. The van der Waals surface area contributed by atoms with Gasteiger partial charge in [0.15, 0.2) is 0 Å². The molecule has 0 aliphatic heterocycles. The summed E-state index contributed by atoms with van der Waals surface area (Å²) < 4.78 is 0. The van der Waals surface area contributed by atoms with Gasteiger partial charge in [-0.25, -0.2) is 0 Å². The normalized spacial score (nSPS) is 3.43. The number of carbonyl (C=O) groups excluding carboxylic acids is 1. The third kappa shape index (κ3) is 48.4. The predicted octanol–water partition coefficient (Wildman–Crippen LogP) is -3.14. The maximum Gasteiger partial charge on any atom is 2.00 e. The van der Waals surface area contributed by atoms with Crippen LogP contribution < -0.4 is 10.2 Å². The van der Waals surface area contributed by atoms with Crippen molar-refractivity contribution >= 4 is 119 Å². The van der Waals surface area contributed by atoms with Gasteiger partial charge in [-0.15, -0.1) is 0 Å². The van der Waals surface area contributed by atoms with Gasteiger partial charge in [-0.05, 0) is 6.16 Å². The Morgan fingerprint density at radius 2 is 1.14 bits per heavy atom. The van der Waals surface area contributed by atoms with E-state index in [2.05, 4.69) is 0 Å². The molecule has 0 spiro atoms. The zero-order chi connectivity index (χ0) is 3.58. The molecular formula is CH4Ca3O3. The molecule has 3 nitrogen and oxygen atoms in total. The van der Waals surface area contributed by atoms with Gasteiger partial charge < -0.3 is 20.7 Å². The van der Waals surface area contributed by atoms with Crippen molar-refractivity contribution in [1.82, 2.24) is 0 Å². The van der Waals surface area contributed by atoms with Crippen LogP contribution in [0.4, 0.5) is 4.79 Å². The molecule has 0 N–H and O–H groups in total. The number of hydrogen-bond acceptors (Lipinski definition) is 3. The van der Waals surface area contributed by atoms with Crippen LogP contribution in [0, 0.1) is 0 Å². The van der Waals surface area contributed by atoms with Crippen molar-refractivity contribution in [2.45, 2.75) is 0 Å². The first-order chi connectivity index (χ1) is 1.73. The zero-order valence-electron chi connectivity index (χ0n) is 7.85. The Hall–Kier alpha value is 3.05. The molecule has 0 bridgehead atoms. The molecule has 0 radical (unpaired) electrons. The molecule has 0 aromatic rings. The van der Waals surface area contributed by atoms with Crippen LogP contribution in [-0.4, -0.2) is 119 Å². The molecular weight excluding hydrogens is 180 g/mol. The Bertz CT molecular complexity index is 43.6. The second-order valence-corrected chi connectivity index (χ2v) is 0.250. The molecule has 0 rings (SSSR count). The summed E-state index contributed by atoms with van der Waals surface area (Å²) in [6.45, 7) is 0. The molecule has 0 aliphatic carbocycles. The number of rotatable bonds is 0. The smallest absolute Gasteiger partial charge is 1.00 e. The minimum Gasteiger partial charge on any atom is -1.00 e. The molecule has 6 heteroatoms. The van der Waals surface area contributed by atoms with Crippen molar-refractivity contribution in [2.24, 2.45) is 0 Å². The van der Waals surface area contributed by atoms with Gasteiger partial charge in [0, 0.05) is 0 Å². The first-order valence-electron chi connectivity index (χ1n) is 0.612. The van der Waals surface area contributed by atoms with E-state index in [1.54, 1.807) is 0 Å². The minimum atomic E-state index is -2.33. The van der Waals surface area contributed by atoms with E-state index in [4.69, 9.17) is 15.0 Å². The third-order valence-corrected chi connectivity index (χ3v) is 0. The van der Waals surface area contributed by atoms with Gasteiger partial charge in [0.1, 0.15) is 0 Å². The average Bonchev–Trinajstić information content (AvgIpc) is 0.811. The van der Waals surface area contributed by atoms with Crippen LogP contribution in [-0.2, 0) is 0 Å². The summed E-state index contributed by atoms with van der Waals surface area (Å²) in [6, 6.07) is 0. The van der Waals surface area contributed by atoms with E-state index in [1.807, 2.05) is 0 Å². The number of carbonyl (C=O) groups is 1. The number of hydrogen-bond donors (Lipinski definition) is 0. The standard InChI is InChI=1S/CH2O3.3Ca.4H/c2-1(3)4;;;;;;;/h(H2,2,3,4);;;;;;;/q;3*+2;4*-1/p-2. The average molecular weight is 184 g/mol. The molecule has 0 saturated heterocycles. The van der Waals surface area contributed by atoms with Crippen LogP contribution in [0.3, 0.4) is 0 Å². The summed E-state index contributed by atoms with van der Waals surface area (Å²) in [5.41, 5.74) is 0. The van der Waals surface area contributed by atoms with Crippen LogP contribution in [0.2, 0.25) is 0 Å². The van der Waals surface area contributed by atoms with Crippen molar-refractivity contribution in [3.63, 3.8) is 0 Å². The predicted molar refractivity (Wildman–Crippen MR) is 27.1 cm³/mol. The van der Waals surface area contributed by atoms with Crippen LogP contribution >= 0.6 is 0 Å². The first-order valence-corrected chi connectivity index (χ1v) is 0.612. The Kier molecular flexibility index (Phi) is 51.5. The minimum absolute atomic E-state index is 0. The second kappa shape index (κ2) is 16.0. The van der Waals surface area contributed by atoms with E-state index < -0.39 is 6.16 Å². The fraction of sp³-hybridized carbons (Fsp3) is 0. The monoisotopic (exact) mass is 184 g/mol. The summed E-state index contributed by atoms with van der Waals surface area (Å²) in [4.78, 5) is 8.33. The third-order valence-electron chi connectivity index (χ3n) is 0. The van der Waals surface area contributed by atoms with Crippen LogP contribution in [0.5, 0.6) is 0 Å². The van der Waals surface area contributed by atoms with Gasteiger partial charge in [-0.3, -0.25) is 0 Å². The van der Waals surface area contributed by atoms with Crippen LogP contribution in [0.15, 0.2) is 0 Å². The quantitative estimate of drug-likeness (QED) is 0.374. The Balaban J connectivity index is -0.00000000214. The number of carboxylic acid groups (broad SMARTS) is 2. The Labute approximate surface area is 137 Å². The van der Waals surface area contributed by atoms with E-state index in [9.17, 15) is 0 Å². The van der Waals surface area contributed by atoms with Gasteiger partial charge in [-0.1, -0.05) is 0 Å². The molecule has 0 fully saturated rings. The Morgan fingerprint density at radius 1 is 1.14 bits per heavy atom. The van der Waals surface area contributed by atoms with E-state index in [1.165, 1.54) is 0 Å². The molecule has 0 aromatic heterocycles. The molecule has 0 aliphatic rings. The van der Waals surface area contributed by atoms with Crippen molar-refractivity contribution in [1.29, 1.82) is 0 Å². The largest absolute Gasteiger partial charge is 2.00 e. The summed E-state index contributed by atoms with van der Waals surface area (Å²) in [7, 11) is 0. The van der Waals surface area contributed by atoms with Crippen LogP contribution in [0.1, 0.15) is 5.71 Å². The van der Waals surface area contributed by atoms with Crippen molar-refractivity contribution in [3.05, 3.63) is 0 Å². The molecule has 32 valence electrons. The van der Waals surface area contributed by atoms with E-state index >= 15 is 0 Å². The van der Waals surface area contributed by atoms with E-state index in [0.29, 0.717) is 0 Å². The summed E-state index contributed by atoms with van der Waals surface area (Å²) in [5, 5.41) is 16.7. The van der Waals surface area contributed by atoms with Crippen molar-refractivity contribution in [3.8, 4) is 0 Å². The van der Waals surface area contributed by atoms with Crippen molar-refractivity contribution in [2.75, 3.05) is 0 Å². The summed E-state index contributed by atoms with van der Waals surface area (Å²) >= 11 is 0. The first kappa shape index (κ1) is 22.5. The molecule has 0 amide bonds. The molecule has 7 heavy (non-hydrogen) atoms. The summed E-state index contributed by atoms with van der Waals surface area (Å²) in [6.07, 6.45) is -2.33. The molecule has 0 saturated carbocycles. The summed E-state index contributed by atoms with van der Waals surface area (Å²) in [5.74, 6) is 0. The molecule has 0 unspecified atom stereocenters. The van der Waals surface area contributed by atoms with Gasteiger partial charge in [-0.2, -0.15) is 0 Å². The van der Waals surface area contributed by atoms with E-state index in [0.717, 1.165) is 0 Å².